The van der Waals surface area contributed by atoms with Crippen LogP contribution >= 0.6 is 0 Å². The molecule has 1 heterocycles. The van der Waals surface area contributed by atoms with Gasteiger partial charge >= 0.3 is 6.03 Å². The third kappa shape index (κ3) is 5.51. The summed E-state index contributed by atoms with van der Waals surface area (Å²) in [6.45, 7) is 6.72. The Kier molecular flexibility index (Phi) is 6.87. The molecule has 7 nitrogen and oxygen atoms in total. The smallest absolute Gasteiger partial charge is 0.318 e. The van der Waals surface area contributed by atoms with Crippen LogP contribution in [0.4, 0.5) is 27.5 Å². The van der Waals surface area contributed by atoms with Gasteiger partial charge in [0.1, 0.15) is 0 Å². The van der Waals surface area contributed by atoms with E-state index < -0.39 is 23.9 Å². The van der Waals surface area contributed by atoms with E-state index >= 15 is 0 Å². The van der Waals surface area contributed by atoms with E-state index in [2.05, 4.69) is 31.4 Å². The number of nitrogens with one attached hydrogen (secondary N) is 2. The highest BCUT2D eigenvalue weighted by atomic mass is 16.2. The van der Waals surface area contributed by atoms with Crippen molar-refractivity contribution in [1.29, 1.82) is 0 Å². The highest BCUT2D eigenvalue weighted by Crippen LogP contribution is 2.38. The molecule has 35 heavy (non-hydrogen) atoms. The molecule has 0 fully saturated rings. The minimum absolute atomic E-state index is 0.0295. The molecule has 7 heteroatoms. The number of rotatable bonds is 5. The molecule has 180 valence electrons. The first kappa shape index (κ1) is 24.0. The van der Waals surface area contributed by atoms with Gasteiger partial charge in [-0.2, -0.15) is 0 Å². The van der Waals surface area contributed by atoms with Crippen molar-refractivity contribution in [3.63, 3.8) is 0 Å². The summed E-state index contributed by atoms with van der Waals surface area (Å²) in [4.78, 5) is 43.7. The van der Waals surface area contributed by atoms with Gasteiger partial charge in [-0.05, 0) is 48.2 Å². The number of fused-ring (bicyclic) bond motifs is 1. The lowest BCUT2D eigenvalue weighted by Gasteiger charge is -2.28. The summed E-state index contributed by atoms with van der Waals surface area (Å²) in [5.41, 5.74) is 2.38. The van der Waals surface area contributed by atoms with Crippen LogP contribution in [-0.4, -0.2) is 30.4 Å². The van der Waals surface area contributed by atoms with Gasteiger partial charge in [-0.3, -0.25) is 14.5 Å². The van der Waals surface area contributed by atoms with Gasteiger partial charge in [-0.25, -0.2) is 4.79 Å². The van der Waals surface area contributed by atoms with E-state index in [0.29, 0.717) is 29.3 Å². The molecule has 0 bridgehead atoms. The highest BCUT2D eigenvalue weighted by molar-refractivity contribution is 6.24. The third-order valence-electron chi connectivity index (χ3n) is 5.80. The van der Waals surface area contributed by atoms with E-state index in [4.69, 9.17) is 0 Å². The fourth-order valence-corrected chi connectivity index (χ4v) is 3.97. The predicted octanol–water partition coefficient (Wildman–Crippen LogP) is 5.32. The second-order valence-electron chi connectivity index (χ2n) is 9.70. The van der Waals surface area contributed by atoms with Gasteiger partial charge in [0.2, 0.25) is 0 Å². The van der Waals surface area contributed by atoms with Gasteiger partial charge < -0.3 is 15.5 Å². The summed E-state index contributed by atoms with van der Waals surface area (Å²) in [7, 11) is 0. The summed E-state index contributed by atoms with van der Waals surface area (Å²) in [6.07, 6.45) is 0.718. The highest BCUT2D eigenvalue weighted by Gasteiger charge is 2.42. The number of hydrogen-bond acceptors (Lipinski definition) is 3. The minimum Gasteiger partial charge on any atom is -0.318 e. The molecule has 1 aliphatic heterocycles. The number of amides is 4. The third-order valence-corrected chi connectivity index (χ3v) is 5.80. The molecule has 0 radical (unpaired) electrons. The maximum atomic E-state index is 13.9. The van der Waals surface area contributed by atoms with E-state index in [1.54, 1.807) is 29.2 Å². The van der Waals surface area contributed by atoms with E-state index in [9.17, 15) is 14.4 Å². The standard InChI is InChI=1S/C28H30N4O3/c1-28(2,3)18-19-31-22-16-10-11-17-23(22)32(21-14-8-5-9-15-21)26(34)24(25(31)33)30-27(35)29-20-12-6-4-7-13-20/h4-17,24H,18-19H2,1-3H3,(H2,29,30,35). The van der Waals surface area contributed by atoms with Gasteiger partial charge in [-0.1, -0.05) is 69.3 Å². The Hall–Kier alpha value is -4.13. The molecule has 3 aromatic rings. The second kappa shape index (κ2) is 10.0. The van der Waals surface area contributed by atoms with Crippen LogP contribution in [0.2, 0.25) is 0 Å². The van der Waals surface area contributed by atoms with Gasteiger partial charge in [0.15, 0.2) is 6.04 Å². The Morgan fingerprint density at radius 3 is 2.00 bits per heavy atom. The lowest BCUT2D eigenvalue weighted by atomic mass is 9.92. The molecule has 0 saturated heterocycles. The molecule has 1 aliphatic rings. The van der Waals surface area contributed by atoms with Crippen molar-refractivity contribution in [2.24, 2.45) is 5.41 Å². The van der Waals surface area contributed by atoms with Gasteiger partial charge in [0, 0.05) is 17.9 Å². The predicted molar refractivity (Wildman–Crippen MR) is 139 cm³/mol. The number of carbonyl (C=O) groups is 3. The van der Waals surface area contributed by atoms with E-state index in [0.717, 1.165) is 6.42 Å². The quantitative estimate of drug-likeness (QED) is 0.495. The normalized spacial score (nSPS) is 15.9. The van der Waals surface area contributed by atoms with Crippen LogP contribution in [0.3, 0.4) is 0 Å². The summed E-state index contributed by atoms with van der Waals surface area (Å²) in [5.74, 6) is -0.983. The minimum atomic E-state index is -1.40. The molecule has 1 unspecified atom stereocenters. The molecule has 0 aromatic heterocycles. The second-order valence-corrected chi connectivity index (χ2v) is 9.70. The topological polar surface area (TPSA) is 81.8 Å². The molecule has 3 aromatic carbocycles. The first-order chi connectivity index (χ1) is 16.7. The lowest BCUT2D eigenvalue weighted by Crippen LogP contribution is -2.55. The zero-order valence-electron chi connectivity index (χ0n) is 20.2. The van der Waals surface area contributed by atoms with Crippen molar-refractivity contribution in [2.45, 2.75) is 33.2 Å². The van der Waals surface area contributed by atoms with E-state index in [-0.39, 0.29) is 5.41 Å². The summed E-state index contributed by atoms with van der Waals surface area (Å²) < 4.78 is 0. The summed E-state index contributed by atoms with van der Waals surface area (Å²) in [6, 6.07) is 23.4. The van der Waals surface area contributed by atoms with Crippen LogP contribution in [0.15, 0.2) is 84.9 Å². The molecule has 2 N–H and O–H groups in total. The van der Waals surface area contributed by atoms with Crippen LogP contribution in [0.5, 0.6) is 0 Å². The maximum absolute atomic E-state index is 13.9. The first-order valence-corrected chi connectivity index (χ1v) is 11.7. The van der Waals surface area contributed by atoms with Crippen LogP contribution in [-0.2, 0) is 9.59 Å². The Morgan fingerprint density at radius 1 is 0.800 bits per heavy atom. The van der Waals surface area contributed by atoms with Gasteiger partial charge in [0.05, 0.1) is 11.4 Å². The number of carbonyl (C=O) groups excluding carboxylic acids is 3. The number of anilines is 4. The average Bonchev–Trinajstić information content (AvgIpc) is 2.91. The zero-order chi connectivity index (χ0) is 25.0. The number of nitrogens with zero attached hydrogens (tertiary/aromatic N) is 2. The summed E-state index contributed by atoms with van der Waals surface area (Å²) >= 11 is 0. The Balaban J connectivity index is 1.75. The van der Waals surface area contributed by atoms with Crippen LogP contribution in [0, 0.1) is 5.41 Å². The fraction of sp³-hybridized carbons (Fsp3) is 0.250. The van der Waals surface area contributed by atoms with Crippen molar-refractivity contribution in [1.82, 2.24) is 5.32 Å². The summed E-state index contributed by atoms with van der Waals surface area (Å²) in [5, 5.41) is 5.34. The number of benzene rings is 3. The van der Waals surface area contributed by atoms with Crippen molar-refractivity contribution in [3.05, 3.63) is 84.9 Å². The monoisotopic (exact) mass is 470 g/mol. The van der Waals surface area contributed by atoms with Crippen LogP contribution in [0.1, 0.15) is 27.2 Å². The molecular formula is C28H30N4O3. The first-order valence-electron chi connectivity index (χ1n) is 11.7. The fourth-order valence-electron chi connectivity index (χ4n) is 3.97. The molecule has 4 amide bonds. The molecule has 0 aliphatic carbocycles. The van der Waals surface area contributed by atoms with Crippen molar-refractivity contribution < 1.29 is 14.4 Å². The van der Waals surface area contributed by atoms with Crippen LogP contribution < -0.4 is 20.4 Å². The molecule has 0 saturated carbocycles. The van der Waals surface area contributed by atoms with Gasteiger partial charge in [-0.15, -0.1) is 0 Å². The molecular weight excluding hydrogens is 440 g/mol. The van der Waals surface area contributed by atoms with Crippen molar-refractivity contribution in [3.8, 4) is 0 Å². The molecule has 4 rings (SSSR count). The Bertz CT molecular complexity index is 1210. The molecule has 0 spiro atoms. The zero-order valence-corrected chi connectivity index (χ0v) is 20.2. The molecule has 1 atom stereocenters. The Morgan fingerprint density at radius 2 is 1.37 bits per heavy atom. The lowest BCUT2D eigenvalue weighted by molar-refractivity contribution is -0.128. The Labute approximate surface area is 205 Å². The SMILES string of the molecule is CC(C)(C)CCN1C(=O)C(NC(=O)Nc2ccccc2)C(=O)N(c2ccccc2)c2ccccc21. The van der Waals surface area contributed by atoms with Gasteiger partial charge in [0.25, 0.3) is 11.8 Å². The van der Waals surface area contributed by atoms with Crippen molar-refractivity contribution in [2.75, 3.05) is 21.7 Å². The van der Waals surface area contributed by atoms with E-state index in [1.165, 1.54) is 4.90 Å². The number of hydrogen-bond donors (Lipinski definition) is 2. The maximum Gasteiger partial charge on any atom is 0.320 e. The van der Waals surface area contributed by atoms with Crippen LogP contribution in [0.25, 0.3) is 0 Å². The van der Waals surface area contributed by atoms with E-state index in [1.807, 2.05) is 60.7 Å². The largest absolute Gasteiger partial charge is 0.320 e. The number of para-hydroxylation sites is 4. The average molecular weight is 471 g/mol. The van der Waals surface area contributed by atoms with Crippen molar-refractivity contribution >= 4 is 40.6 Å². The number of urea groups is 1.